The molecule has 5 heteroatoms. The Morgan fingerprint density at radius 1 is 1.00 bits per heavy atom. The Labute approximate surface area is 97.3 Å². The van der Waals surface area contributed by atoms with E-state index in [4.69, 9.17) is 9.31 Å². The molecule has 1 saturated heterocycles. The summed E-state index contributed by atoms with van der Waals surface area (Å²) in [5.41, 5.74) is 0.0568. The summed E-state index contributed by atoms with van der Waals surface area (Å²) in [6.45, 7) is 12.2. The average Bonchev–Trinajstić information content (AvgIpc) is 2.50. The summed E-state index contributed by atoms with van der Waals surface area (Å²) in [5.74, 6) is 0. The molecule has 0 aromatic rings. The lowest BCUT2D eigenvalue weighted by atomic mass is 9.69. The molecule has 2 heterocycles. The quantitative estimate of drug-likeness (QED) is 0.640. The molecule has 0 N–H and O–H groups in total. The Kier molecular flexibility index (Phi) is 2.34. The molecule has 0 amide bonds. The van der Waals surface area contributed by atoms with E-state index in [0.29, 0.717) is 0 Å². The van der Waals surface area contributed by atoms with E-state index >= 15 is 0 Å². The lowest BCUT2D eigenvalue weighted by molar-refractivity contribution is 0.00578. The van der Waals surface area contributed by atoms with Crippen molar-refractivity contribution < 1.29 is 9.31 Å². The van der Waals surface area contributed by atoms with Gasteiger partial charge in [-0.1, -0.05) is 0 Å². The van der Waals surface area contributed by atoms with E-state index in [1.807, 2.05) is 41.5 Å². The first kappa shape index (κ1) is 11.8. The Morgan fingerprint density at radius 3 is 1.88 bits per heavy atom. The van der Waals surface area contributed by atoms with Crippen LogP contribution in [0.1, 0.15) is 41.5 Å². The second kappa shape index (κ2) is 3.17. The van der Waals surface area contributed by atoms with Crippen LogP contribution in [-0.4, -0.2) is 23.9 Å². The van der Waals surface area contributed by atoms with Crippen molar-refractivity contribution in [2.45, 2.75) is 58.3 Å². The number of hydrogen-bond donors (Lipinski definition) is 0. The maximum absolute atomic E-state index is 5.97. The highest BCUT2D eigenvalue weighted by molar-refractivity contribution is 6.55. The summed E-state index contributed by atoms with van der Waals surface area (Å²) in [6, 6.07) is 0. The molecule has 0 aromatic heterocycles. The van der Waals surface area contributed by atoms with E-state index in [1.165, 1.54) is 0 Å². The third-order valence-electron chi connectivity index (χ3n) is 3.72. The minimum absolute atomic E-state index is 0.308. The van der Waals surface area contributed by atoms with E-state index in [9.17, 15) is 0 Å². The first-order valence-electron chi connectivity index (χ1n) is 5.64. The van der Waals surface area contributed by atoms with Gasteiger partial charge >= 0.3 is 7.12 Å². The fraction of sp³-hybridized carbons (Fsp3) is 0.818. The van der Waals surface area contributed by atoms with Gasteiger partial charge in [0, 0.05) is 11.7 Å². The topological polar surface area (TPSA) is 43.2 Å². The fourth-order valence-corrected chi connectivity index (χ4v) is 1.77. The zero-order chi connectivity index (χ0) is 12.2. The number of rotatable bonds is 1. The Bertz CT molecular complexity index is 356. The molecule has 0 unspecified atom stereocenters. The first-order chi connectivity index (χ1) is 7.16. The lowest BCUT2D eigenvalue weighted by Gasteiger charge is -2.32. The van der Waals surface area contributed by atoms with Crippen molar-refractivity contribution in [3.05, 3.63) is 11.7 Å². The SMILES string of the molecule is CC1(C)N=NC=C1B1OC(C)(C)C(C)(C)O1. The fourth-order valence-electron chi connectivity index (χ4n) is 1.77. The first-order valence-corrected chi connectivity index (χ1v) is 5.64. The molecule has 0 bridgehead atoms. The van der Waals surface area contributed by atoms with Gasteiger partial charge in [-0.05, 0) is 41.5 Å². The van der Waals surface area contributed by atoms with Gasteiger partial charge in [0.15, 0.2) is 0 Å². The van der Waals surface area contributed by atoms with E-state index in [1.54, 1.807) is 6.20 Å². The van der Waals surface area contributed by atoms with Gasteiger partial charge in [0.25, 0.3) is 0 Å². The van der Waals surface area contributed by atoms with Crippen LogP contribution in [0.15, 0.2) is 21.9 Å². The van der Waals surface area contributed by atoms with Gasteiger partial charge in [0.05, 0.1) is 16.7 Å². The summed E-state index contributed by atoms with van der Waals surface area (Å²) < 4.78 is 11.9. The molecule has 0 aliphatic carbocycles. The van der Waals surface area contributed by atoms with Crippen LogP contribution in [0.25, 0.3) is 0 Å². The maximum Gasteiger partial charge on any atom is 0.494 e. The third kappa shape index (κ3) is 1.62. The molecule has 2 aliphatic rings. The molecule has 0 aromatic carbocycles. The van der Waals surface area contributed by atoms with Gasteiger partial charge < -0.3 is 9.31 Å². The third-order valence-corrected chi connectivity index (χ3v) is 3.72. The van der Waals surface area contributed by atoms with Crippen molar-refractivity contribution in [2.24, 2.45) is 10.2 Å². The number of hydrogen-bond acceptors (Lipinski definition) is 4. The molecule has 88 valence electrons. The highest BCUT2D eigenvalue weighted by Gasteiger charge is 2.55. The summed E-state index contributed by atoms with van der Waals surface area (Å²) in [5, 5.41) is 8.12. The van der Waals surface area contributed by atoms with E-state index < -0.39 is 0 Å². The van der Waals surface area contributed by atoms with Crippen LogP contribution in [-0.2, 0) is 9.31 Å². The second-order valence-electron chi connectivity index (χ2n) is 5.95. The van der Waals surface area contributed by atoms with Crippen LogP contribution in [0.5, 0.6) is 0 Å². The molecule has 2 rings (SSSR count). The molecule has 0 spiro atoms. The van der Waals surface area contributed by atoms with Gasteiger partial charge in [-0.15, -0.1) is 0 Å². The van der Waals surface area contributed by atoms with Crippen molar-refractivity contribution in [3.63, 3.8) is 0 Å². The highest BCUT2D eigenvalue weighted by Crippen LogP contribution is 2.42. The lowest BCUT2D eigenvalue weighted by Crippen LogP contribution is -2.41. The minimum atomic E-state index is -0.338. The zero-order valence-corrected chi connectivity index (χ0v) is 10.9. The van der Waals surface area contributed by atoms with Crippen LogP contribution in [0.2, 0.25) is 0 Å². The van der Waals surface area contributed by atoms with Crippen molar-refractivity contribution in [3.8, 4) is 0 Å². The van der Waals surface area contributed by atoms with E-state index in [2.05, 4.69) is 10.2 Å². The standard InChI is InChI=1S/C11H19BN2O2/c1-9(2)8(7-13-14-9)12-15-10(3,4)11(5,6)16-12/h7H,1-6H3. The zero-order valence-electron chi connectivity index (χ0n) is 10.9. The van der Waals surface area contributed by atoms with Gasteiger partial charge in [0.2, 0.25) is 0 Å². The normalized spacial score (nSPS) is 29.6. The minimum Gasteiger partial charge on any atom is -0.399 e. The summed E-state index contributed by atoms with van der Waals surface area (Å²) in [6.07, 6.45) is 1.75. The smallest absolute Gasteiger partial charge is 0.399 e. The molecule has 0 atom stereocenters. The molecule has 0 radical (unpaired) electrons. The molecule has 4 nitrogen and oxygen atoms in total. The molecule has 1 fully saturated rings. The highest BCUT2D eigenvalue weighted by atomic mass is 16.7. The van der Waals surface area contributed by atoms with Gasteiger partial charge in [-0.3, -0.25) is 0 Å². The molecule has 2 aliphatic heterocycles. The summed E-state index contributed by atoms with van der Waals surface area (Å²) in [4.78, 5) is 0. The van der Waals surface area contributed by atoms with Gasteiger partial charge in [0.1, 0.15) is 0 Å². The predicted molar refractivity (Wildman–Crippen MR) is 63.1 cm³/mol. The van der Waals surface area contributed by atoms with Crippen molar-refractivity contribution >= 4 is 7.12 Å². The van der Waals surface area contributed by atoms with Crippen molar-refractivity contribution in [1.29, 1.82) is 0 Å². The summed E-state index contributed by atoms with van der Waals surface area (Å²) in [7, 11) is -0.338. The Hall–Kier alpha value is -0.675. The van der Waals surface area contributed by atoms with Crippen LogP contribution in [0.4, 0.5) is 0 Å². The van der Waals surface area contributed by atoms with Crippen LogP contribution >= 0.6 is 0 Å². The maximum atomic E-state index is 5.97. The number of nitrogens with zero attached hydrogens (tertiary/aromatic N) is 2. The van der Waals surface area contributed by atoms with Crippen LogP contribution in [0, 0.1) is 0 Å². The summed E-state index contributed by atoms with van der Waals surface area (Å²) >= 11 is 0. The largest absolute Gasteiger partial charge is 0.494 e. The molecule has 16 heavy (non-hydrogen) atoms. The van der Waals surface area contributed by atoms with Crippen LogP contribution < -0.4 is 0 Å². The van der Waals surface area contributed by atoms with E-state index in [0.717, 1.165) is 5.47 Å². The molecular formula is C11H19BN2O2. The van der Waals surface area contributed by atoms with Crippen LogP contribution in [0.3, 0.4) is 0 Å². The van der Waals surface area contributed by atoms with Gasteiger partial charge in [-0.25, -0.2) is 0 Å². The molecule has 0 saturated carbocycles. The van der Waals surface area contributed by atoms with E-state index in [-0.39, 0.29) is 23.9 Å². The average molecular weight is 222 g/mol. The predicted octanol–water partition coefficient (Wildman–Crippen LogP) is 2.75. The van der Waals surface area contributed by atoms with Crippen molar-refractivity contribution in [1.82, 2.24) is 0 Å². The Morgan fingerprint density at radius 2 is 1.50 bits per heavy atom. The van der Waals surface area contributed by atoms with Crippen molar-refractivity contribution in [2.75, 3.05) is 0 Å². The Balaban J connectivity index is 2.23. The monoisotopic (exact) mass is 222 g/mol. The second-order valence-corrected chi connectivity index (χ2v) is 5.95. The number of azo groups is 1. The van der Waals surface area contributed by atoms with Gasteiger partial charge in [-0.2, -0.15) is 10.2 Å². The molecular weight excluding hydrogens is 203 g/mol.